The van der Waals surface area contributed by atoms with Crippen molar-refractivity contribution in [2.45, 2.75) is 44.9 Å². The Hall–Kier alpha value is -2.11. The summed E-state index contributed by atoms with van der Waals surface area (Å²) in [6.07, 6.45) is 6.40. The van der Waals surface area contributed by atoms with Crippen LogP contribution in [0.2, 0.25) is 0 Å². The highest BCUT2D eigenvalue weighted by Gasteiger charge is 2.54. The van der Waals surface area contributed by atoms with Crippen molar-refractivity contribution in [1.29, 1.82) is 0 Å². The van der Waals surface area contributed by atoms with Crippen molar-refractivity contribution in [3.63, 3.8) is 0 Å². The molecule has 1 N–H and O–H groups in total. The Balaban J connectivity index is 1.52. The summed E-state index contributed by atoms with van der Waals surface area (Å²) in [5.74, 6) is -0.0513. The molecule has 0 amide bonds. The van der Waals surface area contributed by atoms with E-state index in [0.29, 0.717) is 12.4 Å². The third-order valence-electron chi connectivity index (χ3n) is 5.60. The topological polar surface area (TPSA) is 89.7 Å². The van der Waals surface area contributed by atoms with E-state index in [1.54, 1.807) is 12.1 Å². The predicted octanol–water partition coefficient (Wildman–Crippen LogP) is 3.79. The standard InChI is InChI=1S/C17H21NO5/c19-15(20)11-17-7-5-16(12-17,6-8-17)9-10-23-14-3-1-13(2-4-14)18(21)22/h1-4H,5-12H2,(H,19,20). The van der Waals surface area contributed by atoms with Gasteiger partial charge in [0.2, 0.25) is 0 Å². The van der Waals surface area contributed by atoms with Gasteiger partial charge in [0, 0.05) is 12.1 Å². The zero-order valence-corrected chi connectivity index (χ0v) is 13.0. The number of carboxylic acids is 1. The molecule has 0 aromatic heterocycles. The van der Waals surface area contributed by atoms with Crippen molar-refractivity contribution < 1.29 is 19.6 Å². The number of ether oxygens (including phenoxy) is 1. The van der Waals surface area contributed by atoms with Crippen molar-refractivity contribution >= 4 is 11.7 Å². The molecule has 0 atom stereocenters. The summed E-state index contributed by atoms with van der Waals surface area (Å²) in [5, 5.41) is 19.7. The summed E-state index contributed by atoms with van der Waals surface area (Å²) in [6, 6.07) is 6.12. The number of non-ortho nitro benzene ring substituents is 1. The Bertz CT molecular complexity index is 602. The van der Waals surface area contributed by atoms with Crippen LogP contribution in [0.15, 0.2) is 24.3 Å². The molecule has 6 nitrogen and oxygen atoms in total. The molecular formula is C17H21NO5. The van der Waals surface area contributed by atoms with Crippen molar-refractivity contribution in [3.05, 3.63) is 34.4 Å². The molecule has 0 radical (unpaired) electrons. The molecule has 23 heavy (non-hydrogen) atoms. The first-order valence-corrected chi connectivity index (χ1v) is 8.01. The van der Waals surface area contributed by atoms with E-state index in [1.165, 1.54) is 12.1 Å². The molecule has 3 rings (SSSR count). The number of carboxylic acid groups (broad SMARTS) is 1. The molecule has 124 valence electrons. The fourth-order valence-electron chi connectivity index (χ4n) is 4.41. The minimum Gasteiger partial charge on any atom is -0.494 e. The molecule has 0 unspecified atom stereocenters. The highest BCUT2D eigenvalue weighted by atomic mass is 16.6. The first-order chi connectivity index (χ1) is 10.9. The number of fused-ring (bicyclic) bond motifs is 2. The van der Waals surface area contributed by atoms with Gasteiger partial charge >= 0.3 is 5.97 Å². The minimum absolute atomic E-state index is 0.0131. The van der Waals surface area contributed by atoms with Crippen LogP contribution in [0.5, 0.6) is 5.75 Å². The maximum Gasteiger partial charge on any atom is 0.303 e. The largest absolute Gasteiger partial charge is 0.494 e. The molecule has 2 fully saturated rings. The number of nitro benzene ring substituents is 1. The maximum absolute atomic E-state index is 11.0. The Morgan fingerprint density at radius 3 is 2.35 bits per heavy atom. The molecule has 6 heteroatoms. The maximum atomic E-state index is 11.0. The number of carbonyl (C=O) groups is 1. The van der Waals surface area contributed by atoms with E-state index >= 15 is 0 Å². The first-order valence-electron chi connectivity index (χ1n) is 8.01. The lowest BCUT2D eigenvalue weighted by Crippen LogP contribution is -2.18. The quantitative estimate of drug-likeness (QED) is 0.610. The van der Waals surface area contributed by atoms with Crippen LogP contribution in [0.1, 0.15) is 44.9 Å². The lowest BCUT2D eigenvalue weighted by molar-refractivity contribution is -0.384. The van der Waals surface area contributed by atoms with Crippen molar-refractivity contribution in [2.75, 3.05) is 6.61 Å². The molecule has 2 saturated carbocycles. The second-order valence-corrected chi connectivity index (χ2v) is 7.10. The van der Waals surface area contributed by atoms with Crippen LogP contribution in [0.4, 0.5) is 5.69 Å². The first kappa shape index (κ1) is 15.8. The summed E-state index contributed by atoms with van der Waals surface area (Å²) in [5.41, 5.74) is 0.302. The van der Waals surface area contributed by atoms with Gasteiger partial charge in [-0.1, -0.05) is 0 Å². The second-order valence-electron chi connectivity index (χ2n) is 7.10. The summed E-state index contributed by atoms with van der Waals surface area (Å²) in [7, 11) is 0. The van der Waals surface area contributed by atoms with Crippen molar-refractivity contribution in [2.24, 2.45) is 10.8 Å². The average Bonchev–Trinajstić information content (AvgIpc) is 3.02. The molecule has 0 aliphatic heterocycles. The van der Waals surface area contributed by atoms with E-state index in [-0.39, 0.29) is 22.9 Å². The Labute approximate surface area is 134 Å². The molecule has 0 saturated heterocycles. The fourth-order valence-corrected chi connectivity index (χ4v) is 4.41. The lowest BCUT2D eigenvalue weighted by Gasteiger charge is -2.27. The number of hydrogen-bond donors (Lipinski definition) is 1. The SMILES string of the molecule is O=C(O)CC12CCC(CCOc3ccc([N+](=O)[O-])cc3)(CC1)C2. The van der Waals surface area contributed by atoms with Gasteiger partial charge < -0.3 is 9.84 Å². The van der Waals surface area contributed by atoms with E-state index < -0.39 is 10.9 Å². The number of nitrogens with zero attached hydrogens (tertiary/aromatic N) is 1. The van der Waals surface area contributed by atoms with Crippen molar-refractivity contribution in [3.8, 4) is 5.75 Å². The number of nitro groups is 1. The van der Waals surface area contributed by atoms with Crippen LogP contribution in [0.3, 0.4) is 0 Å². The molecule has 1 aromatic rings. The predicted molar refractivity (Wildman–Crippen MR) is 83.4 cm³/mol. The smallest absolute Gasteiger partial charge is 0.303 e. The summed E-state index contributed by atoms with van der Waals surface area (Å²) >= 11 is 0. The van der Waals surface area contributed by atoms with E-state index in [4.69, 9.17) is 9.84 Å². The summed E-state index contributed by atoms with van der Waals surface area (Å²) < 4.78 is 5.72. The lowest BCUT2D eigenvalue weighted by atomic mass is 9.79. The van der Waals surface area contributed by atoms with Crippen LogP contribution in [-0.4, -0.2) is 22.6 Å². The Morgan fingerprint density at radius 1 is 1.17 bits per heavy atom. The number of benzene rings is 1. The normalized spacial score (nSPS) is 28.7. The highest BCUT2D eigenvalue weighted by Crippen LogP contribution is 2.64. The van der Waals surface area contributed by atoms with Crippen LogP contribution < -0.4 is 4.74 Å². The van der Waals surface area contributed by atoms with Gasteiger partial charge in [-0.2, -0.15) is 0 Å². The van der Waals surface area contributed by atoms with Gasteiger partial charge in [0.25, 0.3) is 5.69 Å². The number of rotatable bonds is 7. The van der Waals surface area contributed by atoms with Gasteiger partial charge in [0.15, 0.2) is 0 Å². The molecule has 0 heterocycles. The number of aliphatic carboxylic acids is 1. The Kier molecular flexibility index (Phi) is 4.00. The molecule has 2 bridgehead atoms. The highest BCUT2D eigenvalue weighted by molar-refractivity contribution is 5.68. The van der Waals surface area contributed by atoms with Gasteiger partial charge in [-0.05, 0) is 61.5 Å². The Morgan fingerprint density at radius 2 is 1.78 bits per heavy atom. The van der Waals surface area contributed by atoms with Gasteiger partial charge in [0.1, 0.15) is 5.75 Å². The van der Waals surface area contributed by atoms with Crippen LogP contribution in [0, 0.1) is 20.9 Å². The van der Waals surface area contributed by atoms with E-state index in [9.17, 15) is 14.9 Å². The van der Waals surface area contributed by atoms with Gasteiger partial charge in [0.05, 0.1) is 18.0 Å². The van der Waals surface area contributed by atoms with Gasteiger partial charge in [-0.15, -0.1) is 0 Å². The zero-order valence-electron chi connectivity index (χ0n) is 13.0. The van der Waals surface area contributed by atoms with Crippen LogP contribution in [-0.2, 0) is 4.79 Å². The number of hydrogen-bond acceptors (Lipinski definition) is 4. The summed E-state index contributed by atoms with van der Waals surface area (Å²) in [4.78, 5) is 21.2. The van der Waals surface area contributed by atoms with E-state index in [1.807, 2.05) is 0 Å². The van der Waals surface area contributed by atoms with E-state index in [0.717, 1.165) is 38.5 Å². The van der Waals surface area contributed by atoms with Crippen LogP contribution >= 0.6 is 0 Å². The third kappa shape index (κ3) is 3.30. The van der Waals surface area contributed by atoms with E-state index in [2.05, 4.69) is 0 Å². The van der Waals surface area contributed by atoms with Gasteiger partial charge in [-0.3, -0.25) is 14.9 Å². The molecular weight excluding hydrogens is 298 g/mol. The monoisotopic (exact) mass is 319 g/mol. The fraction of sp³-hybridized carbons (Fsp3) is 0.588. The molecule has 1 aromatic carbocycles. The molecule has 2 aliphatic carbocycles. The minimum atomic E-state index is -0.690. The van der Waals surface area contributed by atoms with Crippen molar-refractivity contribution in [1.82, 2.24) is 0 Å². The second kappa shape index (κ2) is 5.83. The average molecular weight is 319 g/mol. The molecule has 0 spiro atoms. The van der Waals surface area contributed by atoms with Crippen LogP contribution in [0.25, 0.3) is 0 Å². The summed E-state index contributed by atoms with van der Waals surface area (Å²) in [6.45, 7) is 0.570. The van der Waals surface area contributed by atoms with Gasteiger partial charge in [-0.25, -0.2) is 0 Å². The molecule has 2 aliphatic rings. The zero-order chi connectivity index (χ0) is 16.5. The third-order valence-corrected chi connectivity index (χ3v) is 5.60.